The number of hydrogen-bond acceptors (Lipinski definition) is 12. The minimum atomic E-state index is -0.526. The molecule has 0 saturated heterocycles. The monoisotopic (exact) mass is 856 g/mol. The highest BCUT2D eigenvalue weighted by molar-refractivity contribution is 5.79. The number of primary amides is 1. The van der Waals surface area contributed by atoms with Crippen molar-refractivity contribution >= 4 is 48.1 Å². The van der Waals surface area contributed by atoms with Crippen LogP contribution in [0.2, 0.25) is 0 Å². The molecule has 60 heavy (non-hydrogen) atoms. The Morgan fingerprint density at radius 2 is 0.900 bits per heavy atom. The lowest BCUT2D eigenvalue weighted by Gasteiger charge is -2.32. The molecule has 0 aromatic rings. The highest BCUT2D eigenvalue weighted by Crippen LogP contribution is 2.24. The van der Waals surface area contributed by atoms with Crippen molar-refractivity contribution < 1.29 is 57.4 Å². The van der Waals surface area contributed by atoms with E-state index in [1.54, 1.807) is 0 Å². The number of nitrogens with two attached hydrogens (primary N) is 1. The van der Waals surface area contributed by atoms with E-state index >= 15 is 0 Å². The zero-order valence-electron chi connectivity index (χ0n) is 36.5. The average molecular weight is 856 g/mol. The van der Waals surface area contributed by atoms with Gasteiger partial charge < -0.3 is 50.3 Å². The summed E-state index contributed by atoms with van der Waals surface area (Å²) in [6.45, 7) is 5.28. The summed E-state index contributed by atoms with van der Waals surface area (Å²) in [4.78, 5) is 96.2. The maximum Gasteiger partial charge on any atom is 0.332 e. The molecule has 0 bridgehead atoms. The first-order valence-corrected chi connectivity index (χ1v) is 22.2. The zero-order chi connectivity index (χ0) is 44.4. The van der Waals surface area contributed by atoms with Crippen LogP contribution < -0.4 is 27.2 Å². The average Bonchev–Trinajstić information content (AvgIpc) is 3.23. The van der Waals surface area contributed by atoms with Crippen molar-refractivity contribution in [3.63, 3.8) is 0 Å². The van der Waals surface area contributed by atoms with Gasteiger partial charge >= 0.3 is 5.97 Å². The fraction of sp³-hybridized carbons (Fsp3) is 0.814. The molecular weight excluding hydrogens is 778 g/mol. The van der Waals surface area contributed by atoms with Gasteiger partial charge in [0.1, 0.15) is 12.6 Å². The molecule has 0 radical (unpaired) electrons. The summed E-state index contributed by atoms with van der Waals surface area (Å²) < 4.78 is 17.6. The summed E-state index contributed by atoms with van der Waals surface area (Å²) in [5.41, 5.74) is 6.76. The summed E-state index contributed by atoms with van der Waals surface area (Å²) >= 11 is 0. The Hall–Kier alpha value is -3.96. The van der Waals surface area contributed by atoms with Gasteiger partial charge in [-0.1, -0.05) is 64.7 Å². The number of unbranched alkanes of at least 4 members (excludes halogenated alkanes) is 13. The van der Waals surface area contributed by atoms with Crippen LogP contribution in [0, 0.1) is 5.41 Å². The van der Waals surface area contributed by atoms with Crippen molar-refractivity contribution in [3.05, 3.63) is 0 Å². The summed E-state index contributed by atoms with van der Waals surface area (Å²) in [5, 5.41) is 8.81. The van der Waals surface area contributed by atoms with E-state index in [2.05, 4.69) is 20.8 Å². The lowest BCUT2D eigenvalue weighted by molar-refractivity contribution is -0.158. The quantitative estimate of drug-likeness (QED) is 0.0329. The van der Waals surface area contributed by atoms with Gasteiger partial charge in [-0.15, -0.1) is 0 Å². The van der Waals surface area contributed by atoms with Gasteiger partial charge in [0, 0.05) is 76.4 Å². The predicted octanol–water partition coefficient (Wildman–Crippen LogP) is 4.21. The van der Waals surface area contributed by atoms with E-state index in [1.807, 2.05) is 12.4 Å². The van der Waals surface area contributed by atoms with E-state index in [0.29, 0.717) is 51.6 Å². The van der Waals surface area contributed by atoms with Crippen molar-refractivity contribution in [2.24, 2.45) is 11.1 Å². The Morgan fingerprint density at radius 3 is 1.37 bits per heavy atom. The molecule has 6 N–H and O–H groups in total. The Kier molecular flexibility index (Phi) is 37.8. The molecule has 0 aromatic heterocycles. The van der Waals surface area contributed by atoms with Gasteiger partial charge in [-0.3, -0.25) is 24.0 Å². The number of amides is 5. The van der Waals surface area contributed by atoms with Crippen molar-refractivity contribution in [3.8, 4) is 0 Å². The zero-order valence-corrected chi connectivity index (χ0v) is 36.5. The van der Waals surface area contributed by atoms with Crippen LogP contribution in [-0.2, 0) is 57.4 Å². The number of hydroxylamine groups is 1. The smallest absolute Gasteiger partial charge is 0.332 e. The molecule has 0 aliphatic rings. The summed E-state index contributed by atoms with van der Waals surface area (Å²) in [5.74, 6) is -1.59. The van der Waals surface area contributed by atoms with Crippen LogP contribution in [0.3, 0.4) is 0 Å². The van der Waals surface area contributed by atoms with Crippen LogP contribution in [0.25, 0.3) is 0 Å². The number of carbonyl (C=O) groups is 8. The molecule has 17 heteroatoms. The van der Waals surface area contributed by atoms with E-state index < -0.39 is 23.2 Å². The number of nitrogens with one attached hydrogen (secondary N) is 4. The highest BCUT2D eigenvalue weighted by Gasteiger charge is 2.30. The molecule has 346 valence electrons. The number of aldehydes is 2. The van der Waals surface area contributed by atoms with Crippen LogP contribution in [0.1, 0.15) is 161 Å². The normalized spacial score (nSPS) is 11.9. The second-order valence-electron chi connectivity index (χ2n) is 15.2. The lowest BCUT2D eigenvalue weighted by Crippen LogP contribution is -2.38. The van der Waals surface area contributed by atoms with Gasteiger partial charge in [0.05, 0.1) is 39.6 Å². The Morgan fingerprint density at radius 1 is 0.483 bits per heavy atom. The third-order valence-corrected chi connectivity index (χ3v) is 9.79. The maximum atomic E-state index is 12.4. The van der Waals surface area contributed by atoms with Crippen molar-refractivity contribution in [2.45, 2.75) is 161 Å². The fourth-order valence-electron chi connectivity index (χ4n) is 5.90. The predicted molar refractivity (Wildman–Crippen MR) is 226 cm³/mol. The standard InChI is InChI=1S/C43H77N5O12/c1-2-43(34-57-31-23-37(44)51,35-58-32-24-39(53)46-27-15-9-3-4-12-18-29-49)36-59-33-25-40(54)47-28-17-10-5-7-13-20-38(52)45-26-16-11-6-8-14-22-42(56)60-48-41(55)21-19-30-50/h29-30H,2-28,31-36H2,1H3,(H2,44,51)(H,45,52)(H,46,53)(H,47,54)(H,48,55). The van der Waals surface area contributed by atoms with E-state index in [9.17, 15) is 38.4 Å². The van der Waals surface area contributed by atoms with Gasteiger partial charge in [0.25, 0.3) is 5.91 Å². The minimum Gasteiger partial charge on any atom is -0.380 e. The van der Waals surface area contributed by atoms with Gasteiger partial charge in [0.15, 0.2) is 0 Å². The molecule has 0 aliphatic carbocycles. The molecule has 1 atom stereocenters. The van der Waals surface area contributed by atoms with Crippen molar-refractivity contribution in [1.82, 2.24) is 21.4 Å². The number of carbonyl (C=O) groups excluding carboxylic acids is 8. The Labute approximate surface area is 357 Å². The lowest BCUT2D eigenvalue weighted by atomic mass is 9.88. The third-order valence-electron chi connectivity index (χ3n) is 9.79. The molecule has 1 unspecified atom stereocenters. The van der Waals surface area contributed by atoms with Gasteiger partial charge in [-0.05, 0) is 44.9 Å². The van der Waals surface area contributed by atoms with Crippen LogP contribution in [0.15, 0.2) is 0 Å². The summed E-state index contributed by atoms with van der Waals surface area (Å²) in [6, 6.07) is 0. The second-order valence-corrected chi connectivity index (χ2v) is 15.2. The number of ether oxygens (including phenoxy) is 3. The molecule has 0 spiro atoms. The van der Waals surface area contributed by atoms with E-state index in [4.69, 9.17) is 19.9 Å². The van der Waals surface area contributed by atoms with Crippen molar-refractivity contribution in [1.29, 1.82) is 0 Å². The molecule has 0 saturated carbocycles. The fourth-order valence-corrected chi connectivity index (χ4v) is 5.90. The third kappa shape index (κ3) is 37.1. The van der Waals surface area contributed by atoms with E-state index in [1.165, 1.54) is 0 Å². The van der Waals surface area contributed by atoms with Gasteiger partial charge in [-0.2, -0.15) is 5.48 Å². The van der Waals surface area contributed by atoms with E-state index in [-0.39, 0.29) is 95.9 Å². The van der Waals surface area contributed by atoms with Crippen LogP contribution in [-0.4, -0.2) is 107 Å². The molecule has 0 fully saturated rings. The molecule has 5 amide bonds. The summed E-state index contributed by atoms with van der Waals surface area (Å²) in [6.07, 6.45) is 17.7. The first-order valence-electron chi connectivity index (χ1n) is 22.2. The van der Waals surface area contributed by atoms with Crippen LogP contribution in [0.5, 0.6) is 0 Å². The van der Waals surface area contributed by atoms with Crippen LogP contribution >= 0.6 is 0 Å². The largest absolute Gasteiger partial charge is 0.380 e. The number of rotatable bonds is 43. The Balaban J connectivity index is 4.04. The van der Waals surface area contributed by atoms with Crippen molar-refractivity contribution in [2.75, 3.05) is 59.3 Å². The molecular formula is C43H77N5O12. The second kappa shape index (κ2) is 40.4. The molecule has 0 aromatic carbocycles. The SMILES string of the molecule is CCC(COCCC(N)=O)(COCCC(=O)NCCCCCCCC=O)COCCC(=O)NCCCCCCCC(=O)NCCCCCCCC(=O)ONC(=O)CCC=O. The van der Waals surface area contributed by atoms with Crippen LogP contribution in [0.4, 0.5) is 0 Å². The highest BCUT2D eigenvalue weighted by atomic mass is 16.7. The molecule has 0 aliphatic heterocycles. The Bertz CT molecular complexity index is 1190. The van der Waals surface area contributed by atoms with Gasteiger partial charge in [-0.25, -0.2) is 4.79 Å². The number of hydrogen-bond donors (Lipinski definition) is 5. The summed E-state index contributed by atoms with van der Waals surface area (Å²) in [7, 11) is 0. The molecule has 0 rings (SSSR count). The topological polar surface area (TPSA) is 248 Å². The molecule has 0 heterocycles. The van der Waals surface area contributed by atoms with Gasteiger partial charge in [0.2, 0.25) is 23.6 Å². The molecule has 17 nitrogen and oxygen atoms in total. The first-order chi connectivity index (χ1) is 29.1. The minimum absolute atomic E-state index is 0.0145. The first kappa shape index (κ1) is 56.0. The van der Waals surface area contributed by atoms with E-state index in [0.717, 1.165) is 96.2 Å². The maximum absolute atomic E-state index is 12.4.